The summed E-state index contributed by atoms with van der Waals surface area (Å²) in [6.45, 7) is 3.74. The Bertz CT molecular complexity index is 1130. The van der Waals surface area contributed by atoms with Crippen LogP contribution < -0.4 is 10.6 Å². The van der Waals surface area contributed by atoms with Gasteiger partial charge in [0.1, 0.15) is 17.9 Å². The summed E-state index contributed by atoms with van der Waals surface area (Å²) in [7, 11) is 1.72. The fraction of sp³-hybridized carbons (Fsp3) is 0.318. The molecule has 3 heterocycles. The standard InChI is InChI=1S/C22H21N5O3/c1-11-8-17(25-20(24-3)16(11)10-23)13-4-5-14-15(9-13)12(2)27(22(14)30)18-6-7-19(28)26-21(18)29/h4-5,8-9,12,18H,6-7H2,1-3H3,(H,24,25)(H,26,28,29)/t12-,18?/m1/s1. The van der Waals surface area contributed by atoms with E-state index in [0.717, 1.165) is 16.7 Å². The Morgan fingerprint density at radius 3 is 2.70 bits per heavy atom. The summed E-state index contributed by atoms with van der Waals surface area (Å²) in [5, 5.41) is 14.6. The molecule has 0 radical (unpaired) electrons. The van der Waals surface area contributed by atoms with Crippen LogP contribution in [-0.2, 0) is 9.59 Å². The molecular weight excluding hydrogens is 382 g/mol. The predicted molar refractivity (Wildman–Crippen MR) is 109 cm³/mol. The summed E-state index contributed by atoms with van der Waals surface area (Å²) in [5.74, 6) is -0.443. The lowest BCUT2D eigenvalue weighted by molar-refractivity contribution is -0.137. The lowest BCUT2D eigenvalue weighted by atomic mass is 9.98. The van der Waals surface area contributed by atoms with Crippen LogP contribution in [0.5, 0.6) is 0 Å². The van der Waals surface area contributed by atoms with Gasteiger partial charge < -0.3 is 10.2 Å². The van der Waals surface area contributed by atoms with Crippen molar-refractivity contribution in [1.82, 2.24) is 15.2 Å². The second-order valence-electron chi connectivity index (χ2n) is 7.57. The summed E-state index contributed by atoms with van der Waals surface area (Å²) in [6, 6.07) is 8.53. The quantitative estimate of drug-likeness (QED) is 0.760. The molecular formula is C22H21N5O3. The van der Waals surface area contributed by atoms with Crippen molar-refractivity contribution in [3.05, 3.63) is 46.5 Å². The van der Waals surface area contributed by atoms with Gasteiger partial charge in [0.25, 0.3) is 5.91 Å². The number of piperidine rings is 1. The smallest absolute Gasteiger partial charge is 0.255 e. The molecule has 0 bridgehead atoms. The van der Waals surface area contributed by atoms with Gasteiger partial charge in [-0.2, -0.15) is 5.26 Å². The number of aryl methyl sites for hydroxylation is 1. The number of anilines is 1. The van der Waals surface area contributed by atoms with E-state index in [-0.39, 0.29) is 24.3 Å². The van der Waals surface area contributed by atoms with Gasteiger partial charge in [0.05, 0.1) is 17.3 Å². The first-order valence-electron chi connectivity index (χ1n) is 9.76. The number of nitrogens with zero attached hydrogens (tertiary/aromatic N) is 3. The summed E-state index contributed by atoms with van der Waals surface area (Å²) in [6.07, 6.45) is 0.541. The average molecular weight is 403 g/mol. The average Bonchev–Trinajstić information content (AvgIpc) is 2.97. The van der Waals surface area contributed by atoms with E-state index in [2.05, 4.69) is 21.7 Å². The molecule has 30 heavy (non-hydrogen) atoms. The van der Waals surface area contributed by atoms with Crippen LogP contribution >= 0.6 is 0 Å². The van der Waals surface area contributed by atoms with E-state index in [1.54, 1.807) is 18.0 Å². The molecule has 2 aromatic rings. The number of pyridine rings is 1. The zero-order valence-corrected chi connectivity index (χ0v) is 16.9. The zero-order valence-electron chi connectivity index (χ0n) is 16.9. The summed E-state index contributed by atoms with van der Waals surface area (Å²) < 4.78 is 0. The Hall–Kier alpha value is -3.73. The topological polar surface area (TPSA) is 115 Å². The first-order valence-corrected chi connectivity index (χ1v) is 9.76. The van der Waals surface area contributed by atoms with Gasteiger partial charge in [-0.15, -0.1) is 0 Å². The zero-order chi connectivity index (χ0) is 21.6. The summed E-state index contributed by atoms with van der Waals surface area (Å²) in [4.78, 5) is 42.9. The van der Waals surface area contributed by atoms with E-state index >= 15 is 0 Å². The van der Waals surface area contributed by atoms with Crippen LogP contribution in [0.1, 0.15) is 52.9 Å². The number of fused-ring (bicyclic) bond motifs is 1. The van der Waals surface area contributed by atoms with E-state index in [1.807, 2.05) is 32.0 Å². The number of imide groups is 1. The van der Waals surface area contributed by atoms with Crippen LogP contribution in [0.3, 0.4) is 0 Å². The van der Waals surface area contributed by atoms with Crippen molar-refractivity contribution >= 4 is 23.5 Å². The van der Waals surface area contributed by atoms with E-state index in [9.17, 15) is 19.6 Å². The molecule has 4 rings (SSSR count). The van der Waals surface area contributed by atoms with Crippen LogP contribution in [0.15, 0.2) is 24.3 Å². The molecule has 8 nitrogen and oxygen atoms in total. The van der Waals surface area contributed by atoms with Crippen molar-refractivity contribution in [3.8, 4) is 17.3 Å². The Kier molecular flexibility index (Phi) is 4.74. The van der Waals surface area contributed by atoms with E-state index in [0.29, 0.717) is 29.1 Å². The molecule has 1 saturated heterocycles. The maximum Gasteiger partial charge on any atom is 0.255 e. The molecule has 1 aromatic heterocycles. The van der Waals surface area contributed by atoms with Crippen molar-refractivity contribution < 1.29 is 14.4 Å². The number of hydrogen-bond donors (Lipinski definition) is 2. The van der Waals surface area contributed by atoms with Gasteiger partial charge in [0, 0.05) is 24.6 Å². The van der Waals surface area contributed by atoms with Gasteiger partial charge in [-0.05, 0) is 49.6 Å². The highest BCUT2D eigenvalue weighted by Crippen LogP contribution is 2.38. The van der Waals surface area contributed by atoms with Crippen LogP contribution in [0, 0.1) is 18.3 Å². The Balaban J connectivity index is 1.72. The molecule has 2 N–H and O–H groups in total. The minimum absolute atomic E-state index is 0.210. The van der Waals surface area contributed by atoms with Crippen LogP contribution in [0.25, 0.3) is 11.3 Å². The van der Waals surface area contributed by atoms with Crippen LogP contribution in [-0.4, -0.2) is 40.7 Å². The van der Waals surface area contributed by atoms with Gasteiger partial charge in [0.15, 0.2) is 0 Å². The first kappa shape index (κ1) is 19.6. The molecule has 0 spiro atoms. The second-order valence-corrected chi connectivity index (χ2v) is 7.57. The molecule has 3 amide bonds. The monoisotopic (exact) mass is 403 g/mol. The van der Waals surface area contributed by atoms with Crippen molar-refractivity contribution in [2.45, 2.75) is 38.8 Å². The van der Waals surface area contributed by atoms with Crippen LogP contribution in [0.4, 0.5) is 5.82 Å². The molecule has 0 aliphatic carbocycles. The number of carbonyl (C=O) groups excluding carboxylic acids is 3. The molecule has 2 atom stereocenters. The van der Waals surface area contributed by atoms with Crippen molar-refractivity contribution in [3.63, 3.8) is 0 Å². The number of carbonyl (C=O) groups is 3. The van der Waals surface area contributed by atoms with E-state index in [1.165, 1.54) is 0 Å². The number of aromatic nitrogens is 1. The van der Waals surface area contributed by atoms with Crippen molar-refractivity contribution in [2.75, 3.05) is 12.4 Å². The normalized spacial score (nSPS) is 20.6. The maximum atomic E-state index is 13.0. The first-order chi connectivity index (χ1) is 14.3. The molecule has 152 valence electrons. The van der Waals surface area contributed by atoms with Gasteiger partial charge in [0.2, 0.25) is 11.8 Å². The third-order valence-electron chi connectivity index (χ3n) is 5.79. The lowest BCUT2D eigenvalue weighted by Gasteiger charge is -2.32. The number of benzene rings is 1. The molecule has 1 fully saturated rings. The number of nitriles is 1. The maximum absolute atomic E-state index is 13.0. The van der Waals surface area contributed by atoms with Gasteiger partial charge in [-0.3, -0.25) is 19.7 Å². The lowest BCUT2D eigenvalue weighted by Crippen LogP contribution is -2.53. The Morgan fingerprint density at radius 1 is 1.27 bits per heavy atom. The summed E-state index contributed by atoms with van der Waals surface area (Å²) >= 11 is 0. The van der Waals surface area contributed by atoms with Gasteiger partial charge >= 0.3 is 0 Å². The third kappa shape index (κ3) is 2.99. The highest BCUT2D eigenvalue weighted by Gasteiger charge is 2.43. The van der Waals surface area contributed by atoms with E-state index in [4.69, 9.17) is 0 Å². The number of amides is 3. The molecule has 1 unspecified atom stereocenters. The van der Waals surface area contributed by atoms with Crippen molar-refractivity contribution in [2.24, 2.45) is 0 Å². The summed E-state index contributed by atoms with van der Waals surface area (Å²) in [5.41, 5.74) is 4.18. The predicted octanol–water partition coefficient (Wildman–Crippen LogP) is 2.29. The molecule has 1 aromatic carbocycles. The number of nitrogens with one attached hydrogen (secondary N) is 2. The van der Waals surface area contributed by atoms with Gasteiger partial charge in [-0.25, -0.2) is 4.98 Å². The highest BCUT2D eigenvalue weighted by atomic mass is 16.2. The van der Waals surface area contributed by atoms with Gasteiger partial charge in [-0.1, -0.05) is 6.07 Å². The number of rotatable bonds is 3. The van der Waals surface area contributed by atoms with E-state index < -0.39 is 11.9 Å². The Labute approximate surface area is 173 Å². The molecule has 2 aliphatic heterocycles. The fourth-order valence-corrected chi connectivity index (χ4v) is 4.23. The number of hydrogen-bond acceptors (Lipinski definition) is 6. The Morgan fingerprint density at radius 2 is 2.03 bits per heavy atom. The largest absolute Gasteiger partial charge is 0.372 e. The van der Waals surface area contributed by atoms with Crippen molar-refractivity contribution in [1.29, 1.82) is 5.26 Å². The molecule has 2 aliphatic rings. The van der Waals surface area contributed by atoms with Crippen LogP contribution in [0.2, 0.25) is 0 Å². The second kappa shape index (κ2) is 7.26. The fourth-order valence-electron chi connectivity index (χ4n) is 4.23. The third-order valence-corrected chi connectivity index (χ3v) is 5.79. The molecule has 8 heteroatoms. The minimum atomic E-state index is -0.660. The highest BCUT2D eigenvalue weighted by molar-refractivity contribution is 6.06. The molecule has 0 saturated carbocycles. The minimum Gasteiger partial charge on any atom is -0.372 e. The SMILES string of the molecule is CNc1nc(-c2ccc3c(c2)[C@@H](C)N(C2CCC(=O)NC2=O)C3=O)cc(C)c1C#N.